The second kappa shape index (κ2) is 4.53. The minimum atomic E-state index is -2.77. The minimum Gasteiger partial charge on any atom is -0.268 e. The number of rotatable bonds is 0. The smallest absolute Gasteiger partial charge is 0.268 e. The van der Waals surface area contributed by atoms with Gasteiger partial charge in [0.15, 0.2) is 4.33 Å². The van der Waals surface area contributed by atoms with E-state index in [1.165, 1.54) is 0 Å². The zero-order valence-corrected chi connectivity index (χ0v) is 13.9. The van der Waals surface area contributed by atoms with Crippen LogP contribution >= 0.6 is 69.6 Å². The fourth-order valence-electron chi connectivity index (χ4n) is 2.48. The van der Waals surface area contributed by atoms with E-state index in [-0.39, 0.29) is 10.1 Å². The van der Waals surface area contributed by atoms with Crippen LogP contribution < -0.4 is 0 Å². The molecule has 0 N–H and O–H groups in total. The third-order valence-electron chi connectivity index (χ3n) is 3.42. The van der Waals surface area contributed by atoms with Crippen LogP contribution in [0.1, 0.15) is 5.48 Å². The Balaban J connectivity index is 2.38. The van der Waals surface area contributed by atoms with Crippen molar-refractivity contribution in [2.75, 3.05) is 13.1 Å². The van der Waals surface area contributed by atoms with Gasteiger partial charge in [-0.1, -0.05) is 46.4 Å². The first-order valence-electron chi connectivity index (χ1n) is 6.78. The molecule has 2 aliphatic carbocycles. The molecule has 0 radical (unpaired) electrons. The molecular weight excluding hydrogens is 401 g/mol. The number of alkyl halides is 4. The fraction of sp³-hybridized carbons (Fsp3) is 0.778. The predicted octanol–water partition coefficient (Wildman–Crippen LogP) is 3.69. The van der Waals surface area contributed by atoms with Gasteiger partial charge in [-0.3, -0.25) is 8.37 Å². The van der Waals surface area contributed by atoms with Gasteiger partial charge in [0, 0.05) is 11.8 Å². The highest BCUT2D eigenvalue weighted by atomic mass is 35.5. The predicted molar refractivity (Wildman–Crippen MR) is 77.4 cm³/mol. The molecule has 1 saturated carbocycles. The lowest BCUT2D eigenvalue weighted by Crippen LogP contribution is -2.45. The largest absolute Gasteiger partial charge is 0.304 e. The number of hydrogen-bond acceptors (Lipinski definition) is 3. The monoisotopic (exact) mass is 408 g/mol. The average molecular weight is 411 g/mol. The van der Waals surface area contributed by atoms with E-state index in [0.29, 0.717) is 0 Å². The number of allylic oxidation sites excluding steroid dienone is 2. The van der Waals surface area contributed by atoms with Gasteiger partial charge in [0.25, 0.3) is 0 Å². The van der Waals surface area contributed by atoms with Gasteiger partial charge in [0.05, 0.1) is 28.7 Å². The Morgan fingerprint density at radius 3 is 1.79 bits per heavy atom. The van der Waals surface area contributed by atoms with Crippen LogP contribution in [0, 0.1) is 11.8 Å². The van der Waals surface area contributed by atoms with Gasteiger partial charge < -0.3 is 0 Å². The summed E-state index contributed by atoms with van der Waals surface area (Å²) < 4.78 is 50.9. The molecule has 0 amide bonds. The molecule has 108 valence electrons. The minimum absolute atomic E-state index is 0.321. The molecule has 1 unspecified atom stereocenters. The van der Waals surface area contributed by atoms with E-state index in [2.05, 4.69) is 8.37 Å². The van der Waals surface area contributed by atoms with Crippen molar-refractivity contribution >= 4 is 81.0 Å². The molecule has 0 aromatic heterocycles. The van der Waals surface area contributed by atoms with Gasteiger partial charge in [-0.15, -0.1) is 23.2 Å². The molecule has 0 aromatic rings. The first-order valence-corrected chi connectivity index (χ1v) is 8.05. The molecule has 1 saturated heterocycles. The molecule has 10 heteroatoms. The van der Waals surface area contributed by atoms with Crippen molar-refractivity contribution in [1.82, 2.24) is 0 Å². The topological polar surface area (TPSA) is 35.5 Å². The lowest BCUT2D eigenvalue weighted by molar-refractivity contribution is 0.207. The molecule has 2 bridgehead atoms. The van der Waals surface area contributed by atoms with Gasteiger partial charge >= 0.3 is 11.4 Å². The maximum absolute atomic E-state index is 11.7. The van der Waals surface area contributed by atoms with E-state index in [1.807, 2.05) is 0 Å². The fourth-order valence-corrected chi connectivity index (χ4v) is 5.71. The summed E-state index contributed by atoms with van der Waals surface area (Å²) in [6, 6.07) is 0. The van der Waals surface area contributed by atoms with Crippen LogP contribution in [0.2, 0.25) is 0 Å². The molecule has 1 aliphatic heterocycles. The van der Waals surface area contributed by atoms with Crippen LogP contribution in [-0.4, -0.2) is 31.4 Å². The van der Waals surface area contributed by atoms with E-state index in [4.69, 9.17) is 75.1 Å². The summed E-state index contributed by atoms with van der Waals surface area (Å²) in [7, 11) is 0. The molecule has 3 rings (SSSR count). The zero-order valence-electron chi connectivity index (χ0n) is 12.6. The SMILES string of the molecule is [2H]C1([2H])OS(=O)OC([2H])([2H])[C@@H]2[C@H]1[C@@]1(Cl)C(Cl)=C(Cl)[C@]2(Cl)C1(Cl)Cl. The van der Waals surface area contributed by atoms with E-state index in [1.54, 1.807) is 0 Å². The average Bonchev–Trinajstić information content (AvgIpc) is 2.52. The highest BCUT2D eigenvalue weighted by Crippen LogP contribution is 2.76. The van der Waals surface area contributed by atoms with Crippen molar-refractivity contribution in [3.63, 3.8) is 0 Å². The van der Waals surface area contributed by atoms with Gasteiger partial charge in [0.1, 0.15) is 9.75 Å². The Bertz CT molecular complexity index is 609. The van der Waals surface area contributed by atoms with Gasteiger partial charge in [-0.2, -0.15) is 4.21 Å². The van der Waals surface area contributed by atoms with Crippen LogP contribution in [0.3, 0.4) is 0 Å². The van der Waals surface area contributed by atoms with E-state index < -0.39 is 50.4 Å². The molecule has 3 aliphatic rings. The summed E-state index contributed by atoms with van der Waals surface area (Å²) in [6.07, 6.45) is 0. The van der Waals surface area contributed by atoms with E-state index in [0.717, 1.165) is 0 Å². The van der Waals surface area contributed by atoms with Gasteiger partial charge in [0.2, 0.25) is 0 Å². The van der Waals surface area contributed by atoms with E-state index >= 15 is 0 Å². The summed E-state index contributed by atoms with van der Waals surface area (Å²) in [5.41, 5.74) is 0. The summed E-state index contributed by atoms with van der Waals surface area (Å²) >= 11 is 35.0. The summed E-state index contributed by atoms with van der Waals surface area (Å²) in [5.74, 6) is -3.28. The first kappa shape index (κ1) is 11.1. The molecule has 0 spiro atoms. The van der Waals surface area contributed by atoms with Crippen LogP contribution in [0.4, 0.5) is 0 Å². The van der Waals surface area contributed by atoms with E-state index in [9.17, 15) is 4.21 Å². The molecule has 3 nitrogen and oxygen atoms in total. The summed E-state index contributed by atoms with van der Waals surface area (Å²) in [4.78, 5) is -4.23. The van der Waals surface area contributed by atoms with Crippen molar-refractivity contribution in [3.8, 4) is 0 Å². The quantitative estimate of drug-likeness (QED) is 0.571. The third-order valence-corrected chi connectivity index (χ3v) is 8.15. The molecule has 19 heavy (non-hydrogen) atoms. The maximum Gasteiger partial charge on any atom is 0.304 e. The second-order valence-electron chi connectivity index (χ2n) is 4.19. The van der Waals surface area contributed by atoms with Gasteiger partial charge in [-0.05, 0) is 0 Å². The Morgan fingerprint density at radius 1 is 1.05 bits per heavy atom. The lowest BCUT2D eigenvalue weighted by Gasteiger charge is -2.33. The molecule has 1 heterocycles. The number of fused-ring (bicyclic) bond motifs is 5. The highest BCUT2D eigenvalue weighted by molar-refractivity contribution is 7.75. The number of halogens is 6. The van der Waals surface area contributed by atoms with Crippen LogP contribution in [-0.2, 0) is 19.7 Å². The number of hydrogen-bond donors (Lipinski definition) is 0. The molecular formula is C9H6Cl6O3S. The Morgan fingerprint density at radius 2 is 1.42 bits per heavy atom. The van der Waals surface area contributed by atoms with Crippen molar-refractivity contribution in [2.45, 2.75) is 14.1 Å². The zero-order chi connectivity index (χ0) is 17.8. The molecule has 0 aromatic carbocycles. The lowest BCUT2D eigenvalue weighted by atomic mass is 9.83. The summed E-state index contributed by atoms with van der Waals surface area (Å²) in [5, 5.41) is -0.643. The Labute approximate surface area is 147 Å². The standard InChI is InChI=1S/C9H6Cl6O3S/c10-5-6(11)8(13)4-2-18-19(16)17-1-3(4)7(5,12)9(8,14)15/h3-4H,1-2H2/t3-,4+,7+,8-,19?/i1D2,2D2. The normalized spacial score (nSPS) is 60.6. The maximum atomic E-state index is 11.7. The third kappa shape index (κ3) is 1.59. The second-order valence-corrected chi connectivity index (χ2v) is 8.20. The van der Waals surface area contributed by atoms with Crippen molar-refractivity contribution in [1.29, 1.82) is 0 Å². The summed E-state index contributed by atoms with van der Waals surface area (Å²) in [6.45, 7) is -5.55. The van der Waals surface area contributed by atoms with Crippen molar-refractivity contribution in [2.24, 2.45) is 11.8 Å². The highest BCUT2D eigenvalue weighted by Gasteiger charge is 2.82. The van der Waals surface area contributed by atoms with Gasteiger partial charge in [-0.25, -0.2) is 0 Å². The van der Waals surface area contributed by atoms with Crippen molar-refractivity contribution in [3.05, 3.63) is 10.1 Å². The Hall–Kier alpha value is 1.55. The molecule has 2 fully saturated rings. The van der Waals surface area contributed by atoms with Crippen LogP contribution in [0.5, 0.6) is 0 Å². The molecule has 5 atom stereocenters. The van der Waals surface area contributed by atoms with Crippen LogP contribution in [0.25, 0.3) is 0 Å². The Kier molecular flexibility index (Phi) is 2.65. The first-order chi connectivity index (χ1) is 10.2. The van der Waals surface area contributed by atoms with Crippen LogP contribution in [0.15, 0.2) is 10.1 Å². The van der Waals surface area contributed by atoms with Crippen molar-refractivity contribution < 1.29 is 18.1 Å².